The molecule has 1 unspecified atom stereocenters. The van der Waals surface area contributed by atoms with Crippen LogP contribution in [-0.2, 0) is 37.7 Å². The average Bonchev–Trinajstić information content (AvgIpc) is 3.09. The molecule has 1 atom stereocenters. The topological polar surface area (TPSA) is 215 Å². The van der Waals surface area contributed by atoms with Crippen LogP contribution in [0.4, 0.5) is 34.1 Å². The summed E-state index contributed by atoms with van der Waals surface area (Å²) in [7, 11) is -6.49. The number of hydrogen-bond donors (Lipinski definition) is 0. The Balaban J connectivity index is 1.37. The summed E-state index contributed by atoms with van der Waals surface area (Å²) in [5, 5.41) is 16.5. The van der Waals surface area contributed by atoms with Gasteiger partial charge in [-0.05, 0) is 110 Å². The van der Waals surface area contributed by atoms with E-state index in [1.54, 1.807) is 24.3 Å². The Morgan fingerprint density at radius 2 is 0.923 bits per heavy atom. The van der Waals surface area contributed by atoms with Crippen LogP contribution in [0.15, 0.2) is 127 Å². The molecule has 0 N–H and O–H groups in total. The maximum atomic E-state index is 13.1. The van der Waals surface area contributed by atoms with Crippen molar-refractivity contribution in [1.82, 2.24) is 0 Å². The van der Waals surface area contributed by atoms with E-state index in [0.29, 0.717) is 22.7 Å². The molecule has 0 aromatic heterocycles. The van der Waals surface area contributed by atoms with Gasteiger partial charge < -0.3 is 28.7 Å². The van der Waals surface area contributed by atoms with Gasteiger partial charge in [0.15, 0.2) is 0 Å². The van der Waals surface area contributed by atoms with Crippen LogP contribution in [-0.4, -0.2) is 64.3 Å². The monoisotopic (exact) mass is 772 g/mol. The molecule has 52 heavy (non-hydrogen) atoms. The average molecular weight is 773 g/mol. The molecule has 0 radical (unpaired) electrons. The first-order valence-electron chi connectivity index (χ1n) is 15.6. The van der Waals surface area contributed by atoms with Gasteiger partial charge in [0, 0.05) is 39.6 Å². The highest BCUT2D eigenvalue weighted by Gasteiger charge is 2.24. The molecule has 0 amide bonds. The number of phosphoric ester groups is 1. The van der Waals surface area contributed by atoms with Gasteiger partial charge in [-0.1, -0.05) is 0 Å². The van der Waals surface area contributed by atoms with Gasteiger partial charge >= 0.3 is 0 Å². The molecule has 16 nitrogen and oxygen atoms in total. The second-order valence-corrected chi connectivity index (χ2v) is 15.9. The third-order valence-electron chi connectivity index (χ3n) is 7.18. The quantitative estimate of drug-likeness (QED) is 0.0671. The number of phosphoric acid groups is 1. The van der Waals surface area contributed by atoms with Crippen molar-refractivity contribution in [2.24, 2.45) is 20.5 Å². The zero-order chi connectivity index (χ0) is 37.9. The zero-order valence-corrected chi connectivity index (χ0v) is 31.2. The lowest BCUT2D eigenvalue weighted by molar-refractivity contribution is -0.341. The molecule has 278 valence electrons. The minimum atomic E-state index is -5.37. The molecule has 0 spiro atoms. The molecule has 0 saturated carbocycles. The summed E-state index contributed by atoms with van der Waals surface area (Å²) in [4.78, 5) is 25.3. The summed E-state index contributed by atoms with van der Waals surface area (Å²) >= 11 is 0. The lowest BCUT2D eigenvalue weighted by Gasteiger charge is -2.29. The van der Waals surface area contributed by atoms with Crippen molar-refractivity contribution >= 4 is 62.2 Å². The minimum Gasteiger partial charge on any atom is -0.790 e. The first kappa shape index (κ1) is 40.4. The first-order chi connectivity index (χ1) is 24.5. The fourth-order valence-corrected chi connectivity index (χ4v) is 6.73. The van der Waals surface area contributed by atoms with E-state index in [4.69, 9.17) is 8.37 Å². The summed E-state index contributed by atoms with van der Waals surface area (Å²) < 4.78 is 77.5. The molecule has 0 bridgehead atoms. The molecule has 0 fully saturated rings. The zero-order valence-electron chi connectivity index (χ0n) is 28.7. The molecule has 0 heterocycles. The predicted octanol–water partition coefficient (Wildman–Crippen LogP) is 5.75. The summed E-state index contributed by atoms with van der Waals surface area (Å²) in [6.45, 7) is -1.25. The van der Waals surface area contributed by atoms with Crippen molar-refractivity contribution in [3.63, 3.8) is 0 Å². The number of anilines is 2. The maximum Gasteiger partial charge on any atom is 0.297 e. The van der Waals surface area contributed by atoms with Crippen LogP contribution in [0.1, 0.15) is 12.8 Å². The Labute approximate surface area is 302 Å². The van der Waals surface area contributed by atoms with Crippen molar-refractivity contribution in [3.8, 4) is 0 Å². The van der Waals surface area contributed by atoms with E-state index in [9.17, 15) is 31.2 Å². The van der Waals surface area contributed by atoms with E-state index in [0.717, 1.165) is 11.4 Å². The number of hydrogen-bond acceptors (Lipinski definition) is 16. The third-order valence-corrected chi connectivity index (χ3v) is 10.4. The van der Waals surface area contributed by atoms with Gasteiger partial charge in [0.05, 0.1) is 59.7 Å². The van der Waals surface area contributed by atoms with Gasteiger partial charge in [0.1, 0.15) is 0 Å². The molecule has 0 aliphatic heterocycles. The largest absolute Gasteiger partial charge is 0.790 e. The number of nitrogens with zero attached hydrogens (tertiary/aromatic N) is 6. The molecule has 4 aromatic carbocycles. The smallest absolute Gasteiger partial charge is 0.297 e. The van der Waals surface area contributed by atoms with E-state index in [1.807, 2.05) is 62.3 Å². The Morgan fingerprint density at radius 1 is 0.577 bits per heavy atom. The lowest BCUT2D eigenvalue weighted by atomic mass is 10.2. The molecule has 4 aromatic rings. The highest BCUT2D eigenvalue weighted by molar-refractivity contribution is 7.87. The standard InChI is InChI=1S/C33H39N6O10PS2/c1-38(2)29-13-5-25(6-14-29)34-36-27-9-17-32(18-10-27)51(43,44)48-24-22-31(21-23-47-50(40,41)42)49-52(45,46)33-19-11-28(12-20-33)37-35-26-7-15-30(16-8-26)39(3)4/h5-20,31H,21-24H2,1-4H3,(H2,40,41,42)/p-2. The van der Waals surface area contributed by atoms with Crippen LogP contribution in [0.5, 0.6) is 0 Å². The van der Waals surface area contributed by atoms with Crippen LogP contribution in [0.3, 0.4) is 0 Å². The van der Waals surface area contributed by atoms with Gasteiger partial charge in [0.2, 0.25) is 0 Å². The number of rotatable bonds is 18. The fraction of sp³-hybridized carbons (Fsp3) is 0.273. The molecule has 0 aliphatic rings. The predicted molar refractivity (Wildman–Crippen MR) is 191 cm³/mol. The van der Waals surface area contributed by atoms with Gasteiger partial charge in [-0.3, -0.25) is 8.37 Å². The third kappa shape index (κ3) is 12.7. The van der Waals surface area contributed by atoms with Crippen molar-refractivity contribution in [1.29, 1.82) is 0 Å². The molecule has 0 aliphatic carbocycles. The maximum absolute atomic E-state index is 13.1. The Hall–Kier alpha value is -4.39. The van der Waals surface area contributed by atoms with Crippen LogP contribution >= 0.6 is 7.82 Å². The van der Waals surface area contributed by atoms with Crippen molar-refractivity contribution in [2.75, 3.05) is 51.2 Å². The molecule has 4 rings (SSSR count). The highest BCUT2D eigenvalue weighted by atomic mass is 32.2. The van der Waals surface area contributed by atoms with Gasteiger partial charge in [0.25, 0.3) is 20.2 Å². The molecular formula is C33H37N6O10PS2-2. The van der Waals surface area contributed by atoms with Crippen LogP contribution in [0.2, 0.25) is 0 Å². The SMILES string of the molecule is CN(C)c1ccc(N=Nc2ccc(S(=O)(=O)OCCC(CCOP(=O)([O-])[O-])OS(=O)(=O)c3ccc(N=Nc4ccc(N(C)C)cc4)cc3)cc2)cc1. The summed E-state index contributed by atoms with van der Waals surface area (Å²) in [6.07, 6.45) is -2.05. The number of azo groups is 2. The van der Waals surface area contributed by atoms with E-state index in [1.165, 1.54) is 48.5 Å². The Kier molecular flexibility index (Phi) is 13.9. The van der Waals surface area contributed by atoms with E-state index >= 15 is 0 Å². The van der Waals surface area contributed by atoms with E-state index in [-0.39, 0.29) is 16.2 Å². The second kappa shape index (κ2) is 17.9. The molecule has 0 saturated heterocycles. The summed E-state index contributed by atoms with van der Waals surface area (Å²) in [5.41, 5.74) is 3.90. The van der Waals surface area contributed by atoms with Crippen molar-refractivity contribution < 1.29 is 44.1 Å². The molecule has 19 heteroatoms. The van der Waals surface area contributed by atoms with Crippen LogP contribution in [0, 0.1) is 0 Å². The Morgan fingerprint density at radius 3 is 1.29 bits per heavy atom. The minimum absolute atomic E-state index is 0.198. The van der Waals surface area contributed by atoms with Crippen molar-refractivity contribution in [2.45, 2.75) is 28.7 Å². The molecular weight excluding hydrogens is 736 g/mol. The van der Waals surface area contributed by atoms with Gasteiger partial charge in [-0.25, -0.2) is 0 Å². The number of benzene rings is 4. The Bertz CT molecular complexity index is 2090. The fourth-order valence-electron chi connectivity index (χ4n) is 4.35. The summed E-state index contributed by atoms with van der Waals surface area (Å²) in [5.74, 6) is 0. The van der Waals surface area contributed by atoms with Gasteiger partial charge in [-0.2, -0.15) is 37.3 Å². The lowest BCUT2D eigenvalue weighted by Crippen LogP contribution is -2.24. The van der Waals surface area contributed by atoms with Crippen molar-refractivity contribution in [3.05, 3.63) is 97.1 Å². The second-order valence-electron chi connectivity index (χ2n) is 11.5. The van der Waals surface area contributed by atoms with Gasteiger partial charge in [-0.15, -0.1) is 0 Å². The first-order valence-corrected chi connectivity index (χ1v) is 19.9. The van der Waals surface area contributed by atoms with E-state index < -0.39 is 53.8 Å². The van der Waals surface area contributed by atoms with E-state index in [2.05, 4.69) is 25.0 Å². The normalized spacial score (nSPS) is 13.1. The summed E-state index contributed by atoms with van der Waals surface area (Å²) in [6, 6.07) is 25.3. The van der Waals surface area contributed by atoms with Crippen LogP contribution in [0.25, 0.3) is 0 Å². The van der Waals surface area contributed by atoms with Crippen LogP contribution < -0.4 is 19.6 Å². The highest BCUT2D eigenvalue weighted by Crippen LogP contribution is 2.28.